The molecule has 1 rings (SSSR count). The average molecular weight is 339 g/mol. The van der Waals surface area contributed by atoms with Crippen LogP contribution in [-0.2, 0) is 16.4 Å². The lowest BCUT2D eigenvalue weighted by Gasteiger charge is -2.16. The standard InChI is InChI=1S/C10H19BrN4O2S/c1-14(2)4-5-15-10(8(11)6-13-15)9(12)7-18(3,16)17/h6,9H,4-5,7,12H2,1-3H3. The Balaban J connectivity index is 2.89. The highest BCUT2D eigenvalue weighted by atomic mass is 79.9. The van der Waals surface area contributed by atoms with Crippen LogP contribution in [0.15, 0.2) is 10.7 Å². The van der Waals surface area contributed by atoms with E-state index >= 15 is 0 Å². The first kappa shape index (κ1) is 15.6. The van der Waals surface area contributed by atoms with Crippen molar-refractivity contribution in [2.24, 2.45) is 5.73 Å². The number of hydrogen-bond acceptors (Lipinski definition) is 5. The predicted octanol–water partition coefficient (Wildman–Crippen LogP) is 0.252. The second kappa shape index (κ2) is 6.14. The second-order valence-corrected chi connectivity index (χ2v) is 7.64. The molecule has 0 aliphatic rings. The molecule has 0 fully saturated rings. The van der Waals surface area contributed by atoms with Gasteiger partial charge in [0.25, 0.3) is 0 Å². The van der Waals surface area contributed by atoms with Gasteiger partial charge in [-0.1, -0.05) is 0 Å². The maximum Gasteiger partial charge on any atom is 0.149 e. The van der Waals surface area contributed by atoms with Gasteiger partial charge in [0.1, 0.15) is 9.84 Å². The number of nitrogens with zero attached hydrogens (tertiary/aromatic N) is 3. The van der Waals surface area contributed by atoms with Crippen molar-refractivity contribution in [2.75, 3.05) is 32.6 Å². The van der Waals surface area contributed by atoms with Gasteiger partial charge in [-0.25, -0.2) is 8.42 Å². The molecule has 1 unspecified atom stereocenters. The first-order valence-electron chi connectivity index (χ1n) is 5.50. The monoisotopic (exact) mass is 338 g/mol. The summed E-state index contributed by atoms with van der Waals surface area (Å²) in [4.78, 5) is 2.03. The van der Waals surface area contributed by atoms with Crippen molar-refractivity contribution < 1.29 is 8.42 Å². The molecule has 1 atom stereocenters. The van der Waals surface area contributed by atoms with Crippen molar-refractivity contribution in [3.63, 3.8) is 0 Å². The van der Waals surface area contributed by atoms with Crippen LogP contribution in [0.1, 0.15) is 11.7 Å². The van der Waals surface area contributed by atoms with Crippen molar-refractivity contribution in [1.29, 1.82) is 0 Å². The summed E-state index contributed by atoms with van der Waals surface area (Å²) in [6.07, 6.45) is 2.83. The molecule has 1 aromatic heterocycles. The van der Waals surface area contributed by atoms with Crippen LogP contribution in [0.25, 0.3) is 0 Å². The van der Waals surface area contributed by atoms with E-state index in [9.17, 15) is 8.42 Å². The molecule has 8 heteroatoms. The Kier molecular flexibility index (Phi) is 5.32. The van der Waals surface area contributed by atoms with Crippen LogP contribution in [0.2, 0.25) is 0 Å². The van der Waals surface area contributed by atoms with E-state index in [-0.39, 0.29) is 5.75 Å². The van der Waals surface area contributed by atoms with E-state index in [0.717, 1.165) is 16.7 Å². The number of sulfone groups is 1. The SMILES string of the molecule is CN(C)CCn1ncc(Br)c1C(N)CS(C)(=O)=O. The zero-order chi connectivity index (χ0) is 13.9. The number of halogens is 1. The fourth-order valence-electron chi connectivity index (χ4n) is 1.62. The molecular formula is C10H19BrN4O2S. The molecule has 0 amide bonds. The van der Waals surface area contributed by atoms with Crippen LogP contribution in [-0.4, -0.2) is 55.7 Å². The third-order valence-corrected chi connectivity index (χ3v) is 4.00. The molecule has 1 aromatic rings. The number of hydrogen-bond donors (Lipinski definition) is 1. The topological polar surface area (TPSA) is 81.2 Å². The molecule has 0 aliphatic heterocycles. The predicted molar refractivity (Wildman–Crippen MR) is 75.1 cm³/mol. The van der Waals surface area contributed by atoms with Crippen LogP contribution in [0.4, 0.5) is 0 Å². The highest BCUT2D eigenvalue weighted by Gasteiger charge is 2.20. The summed E-state index contributed by atoms with van der Waals surface area (Å²) in [7, 11) is 0.822. The number of aromatic nitrogens is 2. The van der Waals surface area contributed by atoms with E-state index in [4.69, 9.17) is 5.73 Å². The van der Waals surface area contributed by atoms with E-state index in [1.54, 1.807) is 10.9 Å². The second-order valence-electron chi connectivity index (χ2n) is 4.60. The lowest BCUT2D eigenvalue weighted by molar-refractivity contribution is 0.367. The molecule has 0 spiro atoms. The van der Waals surface area contributed by atoms with Gasteiger partial charge in [0, 0.05) is 12.8 Å². The normalized spacial score (nSPS) is 14.1. The van der Waals surface area contributed by atoms with Crippen LogP contribution in [0.3, 0.4) is 0 Å². The Morgan fingerprint density at radius 1 is 1.56 bits per heavy atom. The molecule has 0 saturated carbocycles. The molecule has 0 radical (unpaired) electrons. The third kappa shape index (κ3) is 4.68. The van der Waals surface area contributed by atoms with Crippen LogP contribution >= 0.6 is 15.9 Å². The first-order valence-corrected chi connectivity index (χ1v) is 8.35. The van der Waals surface area contributed by atoms with Gasteiger partial charge < -0.3 is 10.6 Å². The minimum atomic E-state index is -3.11. The molecule has 6 nitrogen and oxygen atoms in total. The van der Waals surface area contributed by atoms with Gasteiger partial charge >= 0.3 is 0 Å². The maximum atomic E-state index is 11.3. The minimum absolute atomic E-state index is 0.0841. The maximum absolute atomic E-state index is 11.3. The molecular weight excluding hydrogens is 320 g/mol. The summed E-state index contributed by atoms with van der Waals surface area (Å²) < 4.78 is 25.1. The largest absolute Gasteiger partial charge is 0.322 e. The van der Waals surface area contributed by atoms with Crippen molar-refractivity contribution in [3.8, 4) is 0 Å². The molecule has 104 valence electrons. The van der Waals surface area contributed by atoms with Crippen LogP contribution in [0, 0.1) is 0 Å². The Morgan fingerprint density at radius 3 is 2.67 bits per heavy atom. The van der Waals surface area contributed by atoms with E-state index in [0.29, 0.717) is 6.54 Å². The van der Waals surface area contributed by atoms with Gasteiger partial charge in [-0.05, 0) is 30.0 Å². The zero-order valence-corrected chi connectivity index (χ0v) is 13.2. The first-order chi connectivity index (χ1) is 8.20. The van der Waals surface area contributed by atoms with Crippen molar-refractivity contribution >= 4 is 25.8 Å². The number of likely N-dealkylation sites (N-methyl/N-ethyl adjacent to an activating group) is 1. The Labute approximate surface area is 116 Å². The minimum Gasteiger partial charge on any atom is -0.322 e. The van der Waals surface area contributed by atoms with Crippen molar-refractivity contribution in [3.05, 3.63) is 16.4 Å². The number of nitrogens with two attached hydrogens (primary N) is 1. The summed E-state index contributed by atoms with van der Waals surface area (Å²) in [5.41, 5.74) is 6.67. The van der Waals surface area contributed by atoms with E-state index in [1.807, 2.05) is 19.0 Å². The highest BCUT2D eigenvalue weighted by molar-refractivity contribution is 9.10. The summed E-state index contributed by atoms with van der Waals surface area (Å²) in [6.45, 7) is 1.48. The average Bonchev–Trinajstić information content (AvgIpc) is 2.53. The summed E-state index contributed by atoms with van der Waals surface area (Å²) in [5, 5.41) is 4.21. The van der Waals surface area contributed by atoms with Gasteiger partial charge in [-0.2, -0.15) is 5.10 Å². The lowest BCUT2D eigenvalue weighted by atomic mass is 10.2. The molecule has 0 aromatic carbocycles. The fourth-order valence-corrected chi connectivity index (χ4v) is 3.02. The van der Waals surface area contributed by atoms with Gasteiger partial charge in [-0.3, -0.25) is 4.68 Å². The molecule has 0 aliphatic carbocycles. The van der Waals surface area contributed by atoms with Gasteiger partial charge in [0.05, 0.1) is 34.7 Å². The van der Waals surface area contributed by atoms with Crippen LogP contribution < -0.4 is 5.73 Å². The fraction of sp³-hybridized carbons (Fsp3) is 0.700. The zero-order valence-electron chi connectivity index (χ0n) is 10.8. The Morgan fingerprint density at radius 2 is 2.17 bits per heavy atom. The lowest BCUT2D eigenvalue weighted by Crippen LogP contribution is -2.26. The van der Waals surface area contributed by atoms with Crippen molar-refractivity contribution in [2.45, 2.75) is 12.6 Å². The molecule has 0 bridgehead atoms. The molecule has 18 heavy (non-hydrogen) atoms. The van der Waals surface area contributed by atoms with Gasteiger partial charge in [-0.15, -0.1) is 0 Å². The third-order valence-electron chi connectivity index (χ3n) is 2.43. The van der Waals surface area contributed by atoms with Gasteiger partial charge in [0.15, 0.2) is 0 Å². The van der Waals surface area contributed by atoms with E-state index < -0.39 is 15.9 Å². The van der Waals surface area contributed by atoms with Gasteiger partial charge in [0.2, 0.25) is 0 Å². The quantitative estimate of drug-likeness (QED) is 0.804. The Bertz CT molecular complexity index is 498. The van der Waals surface area contributed by atoms with Crippen LogP contribution in [0.5, 0.6) is 0 Å². The smallest absolute Gasteiger partial charge is 0.149 e. The van der Waals surface area contributed by atoms with Crippen molar-refractivity contribution in [1.82, 2.24) is 14.7 Å². The number of rotatable bonds is 6. The molecule has 2 N–H and O–H groups in total. The highest BCUT2D eigenvalue weighted by Crippen LogP contribution is 2.22. The summed E-state index contributed by atoms with van der Waals surface area (Å²) >= 11 is 3.36. The summed E-state index contributed by atoms with van der Waals surface area (Å²) in [5.74, 6) is -0.0841. The van der Waals surface area contributed by atoms with E-state index in [2.05, 4.69) is 21.0 Å². The molecule has 1 heterocycles. The Hall–Kier alpha value is -0.440. The summed E-state index contributed by atoms with van der Waals surface area (Å²) in [6, 6.07) is -0.570. The molecule has 0 saturated heterocycles. The van der Waals surface area contributed by atoms with E-state index in [1.165, 1.54) is 6.26 Å².